The van der Waals surface area contributed by atoms with E-state index in [1.165, 1.54) is 0 Å². The third-order valence-electron chi connectivity index (χ3n) is 4.34. The van der Waals surface area contributed by atoms with Crippen LogP contribution in [0, 0.1) is 6.92 Å². The van der Waals surface area contributed by atoms with E-state index in [2.05, 4.69) is 25.9 Å². The molecule has 0 bridgehead atoms. The smallest absolute Gasteiger partial charge is 0.227 e. The first-order valence-electron chi connectivity index (χ1n) is 9.97. The van der Waals surface area contributed by atoms with Crippen LogP contribution in [0.1, 0.15) is 30.0 Å². The van der Waals surface area contributed by atoms with Crippen molar-refractivity contribution in [2.45, 2.75) is 26.4 Å². The van der Waals surface area contributed by atoms with Gasteiger partial charge in [0.25, 0.3) is 0 Å². The number of thiophene rings is 1. The molecule has 1 atom stereocenters. The lowest BCUT2D eigenvalue weighted by molar-refractivity contribution is -0.116. The summed E-state index contributed by atoms with van der Waals surface area (Å²) in [6.07, 6.45) is -0.396. The van der Waals surface area contributed by atoms with E-state index in [0.29, 0.717) is 24.9 Å². The van der Waals surface area contributed by atoms with Gasteiger partial charge >= 0.3 is 0 Å². The number of fused-ring (bicyclic) bond motifs is 1. The molecule has 0 aliphatic rings. The van der Waals surface area contributed by atoms with Gasteiger partial charge in [0, 0.05) is 34.8 Å². The molecule has 8 heteroatoms. The number of amides is 1. The highest BCUT2D eigenvalue weighted by molar-refractivity contribution is 7.19. The average Bonchev–Trinajstić information content (AvgIpc) is 3.16. The van der Waals surface area contributed by atoms with Crippen molar-refractivity contribution in [2.24, 2.45) is 4.99 Å². The summed E-state index contributed by atoms with van der Waals surface area (Å²) in [6, 6.07) is 15.6. The van der Waals surface area contributed by atoms with Crippen LogP contribution < -0.4 is 16.0 Å². The SMILES string of the molecule is CCNC(=NCC(O)c1cc2ccccc2s1)NCCC(=O)Nc1cccc(C)n1. The van der Waals surface area contributed by atoms with E-state index in [1.807, 2.05) is 56.3 Å². The standard InChI is InChI=1S/C22H27N5O2S/c1-3-23-22(24-12-11-21(29)27-20-10-6-7-15(2)26-20)25-14-17(28)19-13-16-8-4-5-9-18(16)30-19/h4-10,13,17,28H,3,11-12,14H2,1-2H3,(H2,23,24,25)(H,26,27,29). The maximum absolute atomic E-state index is 12.1. The fourth-order valence-electron chi connectivity index (χ4n) is 2.89. The Morgan fingerprint density at radius 3 is 2.80 bits per heavy atom. The van der Waals surface area contributed by atoms with Crippen molar-refractivity contribution in [1.82, 2.24) is 15.6 Å². The molecule has 0 radical (unpaired) electrons. The highest BCUT2D eigenvalue weighted by Gasteiger charge is 2.12. The summed E-state index contributed by atoms with van der Waals surface area (Å²) < 4.78 is 1.15. The molecule has 158 valence electrons. The van der Waals surface area contributed by atoms with Crippen molar-refractivity contribution in [3.8, 4) is 0 Å². The van der Waals surface area contributed by atoms with Crippen LogP contribution in [-0.4, -0.2) is 41.6 Å². The third kappa shape index (κ3) is 6.27. The molecule has 0 saturated heterocycles. The molecular weight excluding hydrogens is 398 g/mol. The first kappa shape index (κ1) is 21.7. The van der Waals surface area contributed by atoms with Crippen molar-refractivity contribution in [2.75, 3.05) is 25.0 Å². The number of pyridine rings is 1. The number of aliphatic hydroxyl groups excluding tert-OH is 1. The molecule has 1 unspecified atom stereocenters. The third-order valence-corrected chi connectivity index (χ3v) is 5.56. The van der Waals surface area contributed by atoms with Crippen LogP contribution in [0.5, 0.6) is 0 Å². The van der Waals surface area contributed by atoms with E-state index >= 15 is 0 Å². The van der Waals surface area contributed by atoms with Gasteiger partial charge in [-0.25, -0.2) is 4.98 Å². The summed E-state index contributed by atoms with van der Waals surface area (Å²) in [6.45, 7) is 5.19. The molecule has 30 heavy (non-hydrogen) atoms. The van der Waals surface area contributed by atoms with E-state index in [9.17, 15) is 9.90 Å². The fourth-order valence-corrected chi connectivity index (χ4v) is 3.93. The van der Waals surface area contributed by atoms with E-state index < -0.39 is 6.10 Å². The predicted molar refractivity (Wildman–Crippen MR) is 123 cm³/mol. The molecule has 0 aliphatic carbocycles. The number of hydrogen-bond donors (Lipinski definition) is 4. The first-order valence-corrected chi connectivity index (χ1v) is 10.8. The minimum Gasteiger partial charge on any atom is -0.386 e. The van der Waals surface area contributed by atoms with Crippen LogP contribution >= 0.6 is 11.3 Å². The normalized spacial score (nSPS) is 12.6. The lowest BCUT2D eigenvalue weighted by Crippen LogP contribution is -2.39. The number of aromatic nitrogens is 1. The van der Waals surface area contributed by atoms with E-state index in [4.69, 9.17) is 0 Å². The summed E-state index contributed by atoms with van der Waals surface area (Å²) >= 11 is 1.58. The molecule has 3 aromatic rings. The zero-order valence-electron chi connectivity index (χ0n) is 17.2. The number of hydrogen-bond acceptors (Lipinski definition) is 5. The highest BCUT2D eigenvalue weighted by atomic mass is 32.1. The number of anilines is 1. The number of carbonyl (C=O) groups is 1. The Labute approximate surface area is 180 Å². The van der Waals surface area contributed by atoms with Gasteiger partial charge in [-0.3, -0.25) is 9.79 Å². The lowest BCUT2D eigenvalue weighted by Gasteiger charge is -2.12. The summed E-state index contributed by atoms with van der Waals surface area (Å²) in [7, 11) is 0. The van der Waals surface area contributed by atoms with Gasteiger partial charge in [0.15, 0.2) is 5.96 Å². The second-order valence-corrected chi connectivity index (χ2v) is 7.93. The van der Waals surface area contributed by atoms with Crippen LogP contribution in [0.15, 0.2) is 53.5 Å². The summed E-state index contributed by atoms with van der Waals surface area (Å²) in [4.78, 5) is 21.7. The van der Waals surface area contributed by atoms with Crippen molar-refractivity contribution in [3.05, 3.63) is 59.1 Å². The molecule has 4 N–H and O–H groups in total. The lowest BCUT2D eigenvalue weighted by atomic mass is 10.2. The Morgan fingerprint density at radius 1 is 1.20 bits per heavy atom. The number of carbonyl (C=O) groups excluding carboxylic acids is 1. The second kappa shape index (κ2) is 10.7. The molecule has 0 aliphatic heterocycles. The monoisotopic (exact) mass is 425 g/mol. The molecular formula is C22H27N5O2S. The van der Waals surface area contributed by atoms with Crippen molar-refractivity contribution in [3.63, 3.8) is 0 Å². The maximum Gasteiger partial charge on any atom is 0.227 e. The number of aliphatic hydroxyl groups is 1. The number of rotatable bonds is 8. The number of nitrogens with one attached hydrogen (secondary N) is 3. The number of benzene rings is 1. The first-order chi connectivity index (χ1) is 14.5. The van der Waals surface area contributed by atoms with Crippen molar-refractivity contribution < 1.29 is 9.90 Å². The van der Waals surface area contributed by atoms with Gasteiger partial charge in [-0.05, 0) is 43.5 Å². The van der Waals surface area contributed by atoms with Gasteiger partial charge in [0.2, 0.25) is 5.91 Å². The van der Waals surface area contributed by atoms with Crippen LogP contribution in [0.3, 0.4) is 0 Å². The average molecular weight is 426 g/mol. The molecule has 2 aromatic heterocycles. The van der Waals surface area contributed by atoms with E-state index in [-0.39, 0.29) is 18.9 Å². The Kier molecular flexibility index (Phi) is 7.75. The quantitative estimate of drug-likeness (QED) is 0.328. The molecule has 0 saturated carbocycles. The van der Waals surface area contributed by atoms with Crippen molar-refractivity contribution in [1.29, 1.82) is 0 Å². The summed E-state index contributed by atoms with van der Waals surface area (Å²) in [5.74, 6) is 0.993. The van der Waals surface area contributed by atoms with Gasteiger partial charge in [0.05, 0.1) is 6.54 Å². The minimum absolute atomic E-state index is 0.123. The van der Waals surface area contributed by atoms with Crippen LogP contribution in [0.2, 0.25) is 0 Å². The summed E-state index contributed by atoms with van der Waals surface area (Å²) in [5.41, 5.74) is 0.852. The summed E-state index contributed by atoms with van der Waals surface area (Å²) in [5, 5.41) is 20.7. The van der Waals surface area contributed by atoms with E-state index in [0.717, 1.165) is 20.7 Å². The van der Waals surface area contributed by atoms with Crippen molar-refractivity contribution >= 4 is 39.1 Å². The molecule has 7 nitrogen and oxygen atoms in total. The van der Waals surface area contributed by atoms with Crippen LogP contribution in [-0.2, 0) is 4.79 Å². The second-order valence-electron chi connectivity index (χ2n) is 6.81. The van der Waals surface area contributed by atoms with Gasteiger partial charge in [0.1, 0.15) is 11.9 Å². The molecule has 0 fully saturated rings. The number of aliphatic imine (C=N–C) groups is 1. The number of guanidine groups is 1. The van der Waals surface area contributed by atoms with Crippen LogP contribution in [0.25, 0.3) is 10.1 Å². The Balaban J connectivity index is 1.50. The zero-order chi connectivity index (χ0) is 21.3. The minimum atomic E-state index is -0.673. The molecule has 0 spiro atoms. The van der Waals surface area contributed by atoms with Gasteiger partial charge < -0.3 is 21.1 Å². The predicted octanol–water partition coefficient (Wildman–Crippen LogP) is 3.22. The number of aryl methyl sites for hydroxylation is 1. The molecule has 3 rings (SSSR count). The highest BCUT2D eigenvalue weighted by Crippen LogP contribution is 2.29. The number of nitrogens with zero attached hydrogens (tertiary/aromatic N) is 2. The van der Waals surface area contributed by atoms with E-state index in [1.54, 1.807) is 17.4 Å². The molecule has 2 heterocycles. The maximum atomic E-state index is 12.1. The Bertz CT molecular complexity index is 984. The topological polar surface area (TPSA) is 98.6 Å². The largest absolute Gasteiger partial charge is 0.386 e. The molecule has 1 amide bonds. The van der Waals surface area contributed by atoms with Gasteiger partial charge in [-0.1, -0.05) is 24.3 Å². The zero-order valence-corrected chi connectivity index (χ0v) is 18.0. The Hall–Kier alpha value is -2.97. The van der Waals surface area contributed by atoms with Crippen LogP contribution in [0.4, 0.5) is 5.82 Å². The van der Waals surface area contributed by atoms with Gasteiger partial charge in [-0.2, -0.15) is 0 Å². The molecule has 1 aromatic carbocycles. The Morgan fingerprint density at radius 2 is 2.03 bits per heavy atom. The van der Waals surface area contributed by atoms with Gasteiger partial charge in [-0.15, -0.1) is 11.3 Å². The fraction of sp³-hybridized carbons (Fsp3) is 0.318.